The molecule has 0 saturated heterocycles. The number of aromatic nitrogens is 4. The standard InChI is InChI=1S/C34H28N4O9/c1-42-22-13-24-29(26(15-22)44-3)33(40)37-31(35-24)18-5-9-20(10-6-18)46-17-28(39)47-21-11-7-19(8-12-21)32-36-25-14-23(43-2)16-27(45-4)30(25)34(41)38-32/h5-16H,17H2,1-4H3,(H,35,37,40)(H,36,38,41). The summed E-state index contributed by atoms with van der Waals surface area (Å²) in [7, 11) is 5.97. The Labute approximate surface area is 266 Å². The highest BCUT2D eigenvalue weighted by Crippen LogP contribution is 2.30. The van der Waals surface area contributed by atoms with Crippen LogP contribution in [0.1, 0.15) is 0 Å². The van der Waals surface area contributed by atoms with E-state index in [9.17, 15) is 14.4 Å². The molecule has 13 nitrogen and oxygen atoms in total. The third-order valence-electron chi connectivity index (χ3n) is 7.25. The van der Waals surface area contributed by atoms with Gasteiger partial charge in [0.25, 0.3) is 11.1 Å². The molecular weight excluding hydrogens is 608 g/mol. The fraction of sp³-hybridized carbons (Fsp3) is 0.147. The first-order valence-electron chi connectivity index (χ1n) is 14.2. The van der Waals surface area contributed by atoms with Crippen molar-refractivity contribution in [2.75, 3.05) is 35.0 Å². The molecule has 6 rings (SSSR count). The van der Waals surface area contributed by atoms with Gasteiger partial charge < -0.3 is 38.4 Å². The summed E-state index contributed by atoms with van der Waals surface area (Å²) in [5, 5.41) is 0.618. The number of ether oxygens (including phenoxy) is 6. The molecule has 0 radical (unpaired) electrons. The van der Waals surface area contributed by atoms with Gasteiger partial charge in [0.2, 0.25) is 0 Å². The van der Waals surface area contributed by atoms with E-state index in [-0.39, 0.29) is 23.5 Å². The number of nitrogens with zero attached hydrogens (tertiary/aromatic N) is 2. The van der Waals surface area contributed by atoms with Crippen molar-refractivity contribution in [3.63, 3.8) is 0 Å². The van der Waals surface area contributed by atoms with E-state index in [2.05, 4.69) is 19.9 Å². The molecule has 0 unspecified atom stereocenters. The van der Waals surface area contributed by atoms with Gasteiger partial charge in [0.1, 0.15) is 56.9 Å². The van der Waals surface area contributed by atoms with Crippen LogP contribution in [0.5, 0.6) is 34.5 Å². The molecule has 0 spiro atoms. The van der Waals surface area contributed by atoms with Crippen molar-refractivity contribution in [3.05, 3.63) is 93.5 Å². The number of hydrogen-bond acceptors (Lipinski definition) is 11. The summed E-state index contributed by atoms with van der Waals surface area (Å²) >= 11 is 0. The summed E-state index contributed by atoms with van der Waals surface area (Å²) in [5.41, 5.74) is 1.32. The van der Waals surface area contributed by atoms with Crippen LogP contribution >= 0.6 is 0 Å². The Morgan fingerprint density at radius 3 is 1.47 bits per heavy atom. The number of esters is 1. The second kappa shape index (κ2) is 12.9. The molecule has 13 heteroatoms. The van der Waals surface area contributed by atoms with Gasteiger partial charge in [0, 0.05) is 35.4 Å². The van der Waals surface area contributed by atoms with Crippen molar-refractivity contribution in [3.8, 4) is 57.3 Å². The summed E-state index contributed by atoms with van der Waals surface area (Å²) in [5.74, 6) is 2.44. The zero-order valence-corrected chi connectivity index (χ0v) is 25.7. The minimum Gasteiger partial charge on any atom is -0.497 e. The lowest BCUT2D eigenvalue weighted by Gasteiger charge is -2.10. The van der Waals surface area contributed by atoms with Crippen molar-refractivity contribution in [1.29, 1.82) is 0 Å². The Balaban J connectivity index is 1.11. The SMILES string of the molecule is COc1cc(OC)c2c(=O)[nH]c(-c3ccc(OCC(=O)Oc4ccc(-c5nc6cc(OC)cc(OC)c6c(=O)[nH]5)cc4)cc3)nc2c1. The Bertz CT molecular complexity index is 2230. The molecular formula is C34H28N4O9. The Hall–Kier alpha value is -6.37. The molecule has 0 aliphatic heterocycles. The van der Waals surface area contributed by atoms with Crippen LogP contribution < -0.4 is 39.5 Å². The van der Waals surface area contributed by atoms with Gasteiger partial charge in [0.15, 0.2) is 6.61 Å². The second-order valence-corrected chi connectivity index (χ2v) is 10.1. The van der Waals surface area contributed by atoms with Crippen molar-refractivity contribution in [1.82, 2.24) is 19.9 Å². The minimum atomic E-state index is -0.623. The molecule has 2 heterocycles. The second-order valence-electron chi connectivity index (χ2n) is 10.1. The molecule has 0 fully saturated rings. The zero-order valence-electron chi connectivity index (χ0n) is 25.7. The molecule has 47 heavy (non-hydrogen) atoms. The van der Waals surface area contributed by atoms with Crippen LogP contribution in [0.15, 0.2) is 82.4 Å². The van der Waals surface area contributed by atoms with E-state index in [4.69, 9.17) is 28.4 Å². The van der Waals surface area contributed by atoms with Crippen LogP contribution in [0.2, 0.25) is 0 Å². The van der Waals surface area contributed by atoms with Gasteiger partial charge in [-0.25, -0.2) is 14.8 Å². The average Bonchev–Trinajstić information content (AvgIpc) is 3.09. The maximum absolute atomic E-state index is 12.8. The molecule has 0 bridgehead atoms. The van der Waals surface area contributed by atoms with E-state index in [0.29, 0.717) is 73.3 Å². The Kier molecular flexibility index (Phi) is 8.43. The maximum Gasteiger partial charge on any atom is 0.349 e. The molecule has 0 aliphatic rings. The summed E-state index contributed by atoms with van der Waals surface area (Å²) in [6, 6.07) is 19.8. The molecule has 4 aromatic carbocycles. The highest BCUT2D eigenvalue weighted by Gasteiger charge is 2.15. The number of methoxy groups -OCH3 is 4. The fourth-order valence-corrected chi connectivity index (χ4v) is 4.95. The first kappa shape index (κ1) is 30.6. The molecule has 6 aromatic rings. The summed E-state index contributed by atoms with van der Waals surface area (Å²) < 4.78 is 32.3. The van der Waals surface area contributed by atoms with Crippen molar-refractivity contribution < 1.29 is 33.2 Å². The number of hydrogen-bond donors (Lipinski definition) is 2. The molecule has 238 valence electrons. The summed E-state index contributed by atoms with van der Waals surface area (Å²) in [4.78, 5) is 52.8. The largest absolute Gasteiger partial charge is 0.497 e. The normalized spacial score (nSPS) is 10.9. The molecule has 0 atom stereocenters. The third-order valence-corrected chi connectivity index (χ3v) is 7.25. The number of aromatic amines is 2. The third kappa shape index (κ3) is 6.27. The number of H-pyrrole nitrogens is 2. The lowest BCUT2D eigenvalue weighted by atomic mass is 10.1. The predicted octanol–water partition coefficient (Wildman–Crippen LogP) is 4.51. The van der Waals surface area contributed by atoms with Gasteiger partial charge in [-0.05, 0) is 48.5 Å². The molecule has 2 N–H and O–H groups in total. The van der Waals surface area contributed by atoms with Crippen LogP contribution in [0, 0.1) is 0 Å². The zero-order chi connectivity index (χ0) is 33.1. The van der Waals surface area contributed by atoms with Gasteiger partial charge in [0.05, 0.1) is 39.5 Å². The number of carbonyl (C=O) groups is 1. The Morgan fingerprint density at radius 2 is 1.04 bits per heavy atom. The van der Waals surface area contributed by atoms with Crippen LogP contribution in [0.4, 0.5) is 0 Å². The van der Waals surface area contributed by atoms with Crippen LogP contribution in [-0.2, 0) is 4.79 Å². The number of nitrogens with one attached hydrogen (secondary N) is 2. The van der Waals surface area contributed by atoms with Crippen LogP contribution in [0.25, 0.3) is 44.6 Å². The van der Waals surface area contributed by atoms with Crippen molar-refractivity contribution >= 4 is 27.8 Å². The smallest absolute Gasteiger partial charge is 0.349 e. The molecule has 0 aliphatic carbocycles. The fourth-order valence-electron chi connectivity index (χ4n) is 4.95. The minimum absolute atomic E-state index is 0.281. The van der Waals surface area contributed by atoms with Crippen LogP contribution in [-0.4, -0.2) is 61.0 Å². The molecule has 0 amide bonds. The van der Waals surface area contributed by atoms with E-state index >= 15 is 0 Å². The predicted molar refractivity (Wildman–Crippen MR) is 173 cm³/mol. The number of fused-ring (bicyclic) bond motifs is 2. The van der Waals surface area contributed by atoms with E-state index in [0.717, 1.165) is 0 Å². The molecule has 0 saturated carbocycles. The first-order chi connectivity index (χ1) is 22.8. The van der Waals surface area contributed by atoms with E-state index in [1.807, 2.05) is 0 Å². The average molecular weight is 637 g/mol. The summed E-state index contributed by atoms with van der Waals surface area (Å²) in [6.45, 7) is -0.352. The van der Waals surface area contributed by atoms with Gasteiger partial charge in [-0.15, -0.1) is 0 Å². The maximum atomic E-state index is 12.8. The number of rotatable bonds is 10. The topological polar surface area (TPSA) is 164 Å². The quantitative estimate of drug-likeness (QED) is 0.161. The monoisotopic (exact) mass is 636 g/mol. The van der Waals surface area contributed by atoms with Gasteiger partial charge in [-0.1, -0.05) is 0 Å². The van der Waals surface area contributed by atoms with Crippen LogP contribution in [0.3, 0.4) is 0 Å². The van der Waals surface area contributed by atoms with Gasteiger partial charge >= 0.3 is 5.97 Å². The van der Waals surface area contributed by atoms with Crippen molar-refractivity contribution in [2.45, 2.75) is 0 Å². The first-order valence-corrected chi connectivity index (χ1v) is 14.2. The van der Waals surface area contributed by atoms with E-state index < -0.39 is 5.97 Å². The van der Waals surface area contributed by atoms with Crippen molar-refractivity contribution in [2.24, 2.45) is 0 Å². The highest BCUT2D eigenvalue weighted by atomic mass is 16.6. The lowest BCUT2D eigenvalue weighted by Crippen LogP contribution is -2.17. The number of carbonyl (C=O) groups excluding carboxylic acids is 1. The molecule has 2 aromatic heterocycles. The Morgan fingerprint density at radius 1 is 0.596 bits per heavy atom. The van der Waals surface area contributed by atoms with Gasteiger partial charge in [-0.3, -0.25) is 9.59 Å². The highest BCUT2D eigenvalue weighted by molar-refractivity contribution is 5.88. The van der Waals surface area contributed by atoms with E-state index in [1.165, 1.54) is 28.4 Å². The van der Waals surface area contributed by atoms with Gasteiger partial charge in [-0.2, -0.15) is 0 Å². The van der Waals surface area contributed by atoms with E-state index in [1.54, 1.807) is 72.8 Å². The number of benzene rings is 4. The lowest BCUT2D eigenvalue weighted by molar-refractivity contribution is -0.136. The summed E-state index contributed by atoms with van der Waals surface area (Å²) in [6.07, 6.45) is 0.